The maximum atomic E-state index is 12.6. The molecule has 1 amide bonds. The third-order valence-electron chi connectivity index (χ3n) is 3.37. The zero-order valence-electron chi connectivity index (χ0n) is 13.3. The Balaban J connectivity index is 1.69. The number of ether oxygens (including phenoxy) is 1. The minimum absolute atomic E-state index is 0.0563. The van der Waals surface area contributed by atoms with Gasteiger partial charge in [0.15, 0.2) is 0 Å². The molecule has 0 aliphatic heterocycles. The standard InChI is InChI=1S/C18H17ClF3NO2/c19-15-6-8-16(9-7-15)25-10-2-5-17(24)23-12-13-3-1-4-14(11-13)18(20,21)22/h1,3-4,6-9,11H,2,5,10,12H2,(H,23,24). The Bertz CT molecular complexity index is 702. The van der Waals surface area contributed by atoms with E-state index in [4.69, 9.17) is 16.3 Å². The van der Waals surface area contributed by atoms with Gasteiger partial charge in [-0.15, -0.1) is 0 Å². The summed E-state index contributed by atoms with van der Waals surface area (Å²) in [5, 5.41) is 3.22. The quantitative estimate of drug-likeness (QED) is 0.708. The van der Waals surface area contributed by atoms with E-state index < -0.39 is 11.7 Å². The van der Waals surface area contributed by atoms with E-state index in [9.17, 15) is 18.0 Å². The lowest BCUT2D eigenvalue weighted by Gasteiger charge is -2.10. The first-order valence-electron chi connectivity index (χ1n) is 7.66. The summed E-state index contributed by atoms with van der Waals surface area (Å²) in [7, 11) is 0. The van der Waals surface area contributed by atoms with Crippen molar-refractivity contribution in [1.82, 2.24) is 5.32 Å². The van der Waals surface area contributed by atoms with Gasteiger partial charge in [0.05, 0.1) is 12.2 Å². The van der Waals surface area contributed by atoms with E-state index in [1.807, 2.05) is 0 Å². The monoisotopic (exact) mass is 371 g/mol. The SMILES string of the molecule is O=C(CCCOc1ccc(Cl)cc1)NCc1cccc(C(F)(F)F)c1. The van der Waals surface area contributed by atoms with Crippen molar-refractivity contribution in [1.29, 1.82) is 0 Å². The van der Waals surface area contributed by atoms with Crippen LogP contribution in [-0.2, 0) is 17.5 Å². The lowest BCUT2D eigenvalue weighted by molar-refractivity contribution is -0.137. The van der Waals surface area contributed by atoms with Gasteiger partial charge in [-0.2, -0.15) is 13.2 Å². The highest BCUT2D eigenvalue weighted by molar-refractivity contribution is 6.30. The van der Waals surface area contributed by atoms with E-state index in [2.05, 4.69) is 5.32 Å². The molecule has 0 aliphatic rings. The van der Waals surface area contributed by atoms with Crippen LogP contribution in [0.15, 0.2) is 48.5 Å². The first kappa shape index (κ1) is 19.1. The number of carbonyl (C=O) groups excluding carboxylic acids is 1. The molecule has 0 bridgehead atoms. The molecule has 1 N–H and O–H groups in total. The van der Waals surface area contributed by atoms with Crippen LogP contribution in [0.3, 0.4) is 0 Å². The van der Waals surface area contributed by atoms with Gasteiger partial charge in [-0.05, 0) is 48.4 Å². The number of carbonyl (C=O) groups is 1. The van der Waals surface area contributed by atoms with Crippen molar-refractivity contribution in [2.75, 3.05) is 6.61 Å². The summed E-state index contributed by atoms with van der Waals surface area (Å²) in [6, 6.07) is 11.8. The maximum absolute atomic E-state index is 12.6. The first-order chi connectivity index (χ1) is 11.8. The number of benzene rings is 2. The lowest BCUT2D eigenvalue weighted by Crippen LogP contribution is -2.23. The summed E-state index contributed by atoms with van der Waals surface area (Å²) < 4.78 is 43.3. The molecule has 2 aromatic rings. The Morgan fingerprint density at radius 1 is 1.12 bits per heavy atom. The lowest BCUT2D eigenvalue weighted by atomic mass is 10.1. The summed E-state index contributed by atoms with van der Waals surface area (Å²) in [6.07, 6.45) is -3.66. The molecule has 134 valence electrons. The molecular weight excluding hydrogens is 355 g/mol. The molecule has 25 heavy (non-hydrogen) atoms. The number of nitrogens with one attached hydrogen (secondary N) is 1. The zero-order valence-corrected chi connectivity index (χ0v) is 14.0. The number of alkyl halides is 3. The molecule has 0 fully saturated rings. The van der Waals surface area contributed by atoms with Crippen molar-refractivity contribution < 1.29 is 22.7 Å². The topological polar surface area (TPSA) is 38.3 Å². The molecule has 3 nitrogen and oxygen atoms in total. The fraction of sp³-hybridized carbons (Fsp3) is 0.278. The summed E-state index contributed by atoms with van der Waals surface area (Å²) in [5.41, 5.74) is -0.323. The summed E-state index contributed by atoms with van der Waals surface area (Å²) in [4.78, 5) is 11.7. The van der Waals surface area contributed by atoms with Crippen molar-refractivity contribution in [3.63, 3.8) is 0 Å². The second-order valence-electron chi connectivity index (χ2n) is 5.38. The molecule has 0 radical (unpaired) electrons. The minimum atomic E-state index is -4.39. The normalized spacial score (nSPS) is 11.2. The Kier molecular flexibility index (Phi) is 6.70. The summed E-state index contributed by atoms with van der Waals surface area (Å²) >= 11 is 5.76. The predicted molar refractivity (Wildman–Crippen MR) is 89.5 cm³/mol. The molecule has 0 spiro atoms. The highest BCUT2D eigenvalue weighted by atomic mass is 35.5. The number of halogens is 4. The van der Waals surface area contributed by atoms with Gasteiger partial charge in [0.1, 0.15) is 5.75 Å². The fourth-order valence-electron chi connectivity index (χ4n) is 2.10. The number of hydrogen-bond acceptors (Lipinski definition) is 2. The number of hydrogen-bond donors (Lipinski definition) is 1. The zero-order chi connectivity index (χ0) is 18.3. The van der Waals surface area contributed by atoms with Crippen molar-refractivity contribution in [2.24, 2.45) is 0 Å². The van der Waals surface area contributed by atoms with Crippen molar-refractivity contribution in [3.05, 3.63) is 64.7 Å². The van der Waals surface area contributed by atoms with E-state index in [1.54, 1.807) is 30.3 Å². The van der Waals surface area contributed by atoms with Gasteiger partial charge in [0.25, 0.3) is 0 Å². The van der Waals surface area contributed by atoms with E-state index in [-0.39, 0.29) is 18.9 Å². The smallest absolute Gasteiger partial charge is 0.416 e. The van der Waals surface area contributed by atoms with Gasteiger partial charge in [-0.1, -0.05) is 23.7 Å². The van der Waals surface area contributed by atoms with Crippen LogP contribution in [0.4, 0.5) is 13.2 Å². The van der Waals surface area contributed by atoms with Crippen LogP contribution in [-0.4, -0.2) is 12.5 Å². The first-order valence-corrected chi connectivity index (χ1v) is 8.03. The predicted octanol–water partition coefficient (Wildman–Crippen LogP) is 4.83. The third-order valence-corrected chi connectivity index (χ3v) is 3.63. The molecule has 0 saturated heterocycles. The maximum Gasteiger partial charge on any atom is 0.416 e. The largest absolute Gasteiger partial charge is 0.494 e. The van der Waals surface area contributed by atoms with Crippen LogP contribution in [0, 0.1) is 0 Å². The van der Waals surface area contributed by atoms with E-state index in [0.29, 0.717) is 29.4 Å². The molecule has 0 aromatic heterocycles. The Hall–Kier alpha value is -2.21. The average molecular weight is 372 g/mol. The molecule has 0 atom stereocenters. The Morgan fingerprint density at radius 3 is 2.52 bits per heavy atom. The second-order valence-corrected chi connectivity index (χ2v) is 5.82. The molecular formula is C18H17ClF3NO2. The number of amides is 1. The summed E-state index contributed by atoms with van der Waals surface area (Å²) in [6.45, 7) is 0.416. The van der Waals surface area contributed by atoms with Crippen LogP contribution >= 0.6 is 11.6 Å². The van der Waals surface area contributed by atoms with Crippen LogP contribution in [0.25, 0.3) is 0 Å². The Morgan fingerprint density at radius 2 is 1.84 bits per heavy atom. The van der Waals surface area contributed by atoms with E-state index in [0.717, 1.165) is 12.1 Å². The molecule has 0 heterocycles. The second kappa shape index (κ2) is 8.76. The minimum Gasteiger partial charge on any atom is -0.494 e. The summed E-state index contributed by atoms with van der Waals surface area (Å²) in [5.74, 6) is 0.422. The third kappa shape index (κ3) is 6.66. The molecule has 0 unspecified atom stereocenters. The highest BCUT2D eigenvalue weighted by Crippen LogP contribution is 2.29. The van der Waals surface area contributed by atoms with Gasteiger partial charge in [-0.3, -0.25) is 4.79 Å². The fourth-order valence-corrected chi connectivity index (χ4v) is 2.23. The average Bonchev–Trinajstić information content (AvgIpc) is 2.58. The van der Waals surface area contributed by atoms with Gasteiger partial charge in [0, 0.05) is 18.0 Å². The van der Waals surface area contributed by atoms with Gasteiger partial charge in [0.2, 0.25) is 5.91 Å². The van der Waals surface area contributed by atoms with E-state index >= 15 is 0 Å². The highest BCUT2D eigenvalue weighted by Gasteiger charge is 2.30. The Labute approximate surface area is 148 Å². The molecule has 0 aliphatic carbocycles. The molecule has 2 aromatic carbocycles. The molecule has 0 saturated carbocycles. The van der Waals surface area contributed by atoms with Gasteiger partial charge in [-0.25, -0.2) is 0 Å². The van der Waals surface area contributed by atoms with Crippen molar-refractivity contribution >= 4 is 17.5 Å². The van der Waals surface area contributed by atoms with Crippen LogP contribution < -0.4 is 10.1 Å². The molecule has 2 rings (SSSR count). The van der Waals surface area contributed by atoms with E-state index in [1.165, 1.54) is 6.07 Å². The van der Waals surface area contributed by atoms with Gasteiger partial charge < -0.3 is 10.1 Å². The molecule has 7 heteroatoms. The van der Waals surface area contributed by atoms with Crippen molar-refractivity contribution in [2.45, 2.75) is 25.6 Å². The van der Waals surface area contributed by atoms with Crippen LogP contribution in [0.1, 0.15) is 24.0 Å². The van der Waals surface area contributed by atoms with Gasteiger partial charge >= 0.3 is 6.18 Å². The number of rotatable bonds is 7. The van der Waals surface area contributed by atoms with Crippen LogP contribution in [0.2, 0.25) is 5.02 Å². The van der Waals surface area contributed by atoms with Crippen molar-refractivity contribution in [3.8, 4) is 5.75 Å². The van der Waals surface area contributed by atoms with Crippen LogP contribution in [0.5, 0.6) is 5.75 Å².